The highest BCUT2D eigenvalue weighted by atomic mass is 16.6. The molecule has 3 aliphatic rings. The number of hydrogen-bond donors (Lipinski definition) is 0. The number of aromatic nitrogens is 1. The summed E-state index contributed by atoms with van der Waals surface area (Å²) in [6.07, 6.45) is 6.01. The number of carbonyl (C=O) groups excluding carboxylic acids is 1. The summed E-state index contributed by atoms with van der Waals surface area (Å²) in [7, 11) is 0. The van der Waals surface area contributed by atoms with Crippen LogP contribution >= 0.6 is 0 Å². The molecule has 1 aliphatic carbocycles. The number of fused-ring (bicyclic) bond motifs is 1. The molecule has 0 radical (unpaired) electrons. The second-order valence-electron chi connectivity index (χ2n) is 10.9. The average Bonchev–Trinajstić information content (AvgIpc) is 3.19. The molecule has 1 atom stereocenters. The van der Waals surface area contributed by atoms with Crippen molar-refractivity contribution in [1.29, 1.82) is 5.26 Å². The monoisotopic (exact) mass is 444 g/mol. The van der Waals surface area contributed by atoms with Gasteiger partial charge < -0.3 is 9.64 Å². The normalized spacial score (nSPS) is 21.9. The van der Waals surface area contributed by atoms with Gasteiger partial charge in [-0.25, -0.2) is 9.78 Å². The first-order chi connectivity index (χ1) is 15.8. The van der Waals surface area contributed by atoms with Gasteiger partial charge in [0.15, 0.2) is 0 Å². The van der Waals surface area contributed by atoms with Crippen molar-refractivity contribution < 1.29 is 9.53 Å². The van der Waals surface area contributed by atoms with Crippen LogP contribution < -0.4 is 0 Å². The Morgan fingerprint density at radius 1 is 1.15 bits per heavy atom. The lowest BCUT2D eigenvalue weighted by Gasteiger charge is -2.56. The van der Waals surface area contributed by atoms with Crippen molar-refractivity contribution in [2.75, 3.05) is 26.2 Å². The maximum absolute atomic E-state index is 12.4. The summed E-state index contributed by atoms with van der Waals surface area (Å²) in [6, 6.07) is 13.1. The van der Waals surface area contributed by atoms with E-state index in [9.17, 15) is 4.79 Å². The molecule has 1 amide bonds. The Balaban J connectivity index is 1.19. The third kappa shape index (κ3) is 4.35. The Bertz CT molecular complexity index is 1080. The number of benzene rings is 1. The van der Waals surface area contributed by atoms with E-state index in [1.165, 1.54) is 23.1 Å². The van der Waals surface area contributed by atoms with Crippen molar-refractivity contribution in [3.8, 4) is 17.2 Å². The van der Waals surface area contributed by atoms with E-state index in [1.54, 1.807) is 12.3 Å². The summed E-state index contributed by atoms with van der Waals surface area (Å²) < 4.78 is 5.55. The van der Waals surface area contributed by atoms with Crippen LogP contribution in [0.25, 0.3) is 11.1 Å². The summed E-state index contributed by atoms with van der Waals surface area (Å²) in [4.78, 5) is 21.1. The zero-order valence-corrected chi connectivity index (χ0v) is 19.8. The second kappa shape index (κ2) is 8.14. The zero-order valence-electron chi connectivity index (χ0n) is 19.8. The highest BCUT2D eigenvalue weighted by Gasteiger charge is 2.48. The van der Waals surface area contributed by atoms with E-state index in [4.69, 9.17) is 10.00 Å². The number of pyridine rings is 1. The van der Waals surface area contributed by atoms with Gasteiger partial charge >= 0.3 is 6.09 Å². The maximum atomic E-state index is 12.4. The molecule has 0 unspecified atom stereocenters. The molecule has 172 valence electrons. The smallest absolute Gasteiger partial charge is 0.410 e. The minimum absolute atomic E-state index is 0.175. The number of hydrogen-bond acceptors (Lipinski definition) is 5. The summed E-state index contributed by atoms with van der Waals surface area (Å²) >= 11 is 0. The van der Waals surface area contributed by atoms with Gasteiger partial charge in [0.25, 0.3) is 0 Å². The van der Waals surface area contributed by atoms with Gasteiger partial charge in [-0.1, -0.05) is 18.2 Å². The number of ether oxygens (including phenoxy) is 1. The summed E-state index contributed by atoms with van der Waals surface area (Å²) in [5, 5.41) is 8.97. The number of likely N-dealkylation sites (tertiary alicyclic amines) is 2. The van der Waals surface area contributed by atoms with Gasteiger partial charge in [0.1, 0.15) is 17.4 Å². The molecule has 2 fully saturated rings. The zero-order chi connectivity index (χ0) is 23.2. The van der Waals surface area contributed by atoms with Gasteiger partial charge in [0.05, 0.1) is 0 Å². The Labute approximate surface area is 196 Å². The molecule has 33 heavy (non-hydrogen) atoms. The third-order valence-electron chi connectivity index (χ3n) is 7.39. The molecule has 3 heterocycles. The fourth-order valence-electron chi connectivity index (χ4n) is 5.63. The number of carbonyl (C=O) groups is 1. The van der Waals surface area contributed by atoms with Crippen LogP contribution in [-0.4, -0.2) is 52.7 Å². The molecule has 2 aliphatic heterocycles. The standard InChI is InChI=1S/C27H32N4O2/c1-26(2,3)33-25(32)30-12-10-27(11-13-30)17-31(18-27)24-9-6-20-14-19(5-8-23(20)24)21-4-7-22(15-28)29-16-21/h4-5,7-8,14,16,24H,6,9-13,17-18H2,1-3H3/t24-/m1/s1. The van der Waals surface area contributed by atoms with Crippen LogP contribution in [-0.2, 0) is 11.2 Å². The van der Waals surface area contributed by atoms with Crippen LogP contribution in [0.2, 0.25) is 0 Å². The summed E-state index contributed by atoms with van der Waals surface area (Å²) in [5.74, 6) is 0. The van der Waals surface area contributed by atoms with Gasteiger partial charge in [0, 0.05) is 44.0 Å². The highest BCUT2D eigenvalue weighted by Crippen LogP contribution is 2.48. The van der Waals surface area contributed by atoms with Crippen molar-refractivity contribution >= 4 is 6.09 Å². The largest absolute Gasteiger partial charge is 0.444 e. The summed E-state index contributed by atoms with van der Waals surface area (Å²) in [6.45, 7) is 9.61. The van der Waals surface area contributed by atoms with Gasteiger partial charge in [-0.05, 0) is 80.7 Å². The number of rotatable bonds is 2. The van der Waals surface area contributed by atoms with Crippen molar-refractivity contribution in [2.24, 2.45) is 5.41 Å². The van der Waals surface area contributed by atoms with Gasteiger partial charge in [-0.3, -0.25) is 4.90 Å². The molecule has 1 aromatic heterocycles. The predicted octanol–water partition coefficient (Wildman–Crippen LogP) is 4.94. The van der Waals surface area contributed by atoms with E-state index in [2.05, 4.69) is 34.2 Å². The van der Waals surface area contributed by atoms with E-state index >= 15 is 0 Å². The van der Waals surface area contributed by atoms with E-state index in [1.807, 2.05) is 31.7 Å². The number of aryl methyl sites for hydroxylation is 1. The number of nitriles is 1. The first-order valence-electron chi connectivity index (χ1n) is 12.0. The lowest BCUT2D eigenvalue weighted by Crippen LogP contribution is -2.61. The topological polar surface area (TPSA) is 69.5 Å². The molecule has 6 nitrogen and oxygen atoms in total. The molecule has 0 N–H and O–H groups in total. The number of piperidine rings is 1. The van der Waals surface area contributed by atoms with Crippen molar-refractivity contribution in [1.82, 2.24) is 14.8 Å². The quantitative estimate of drug-likeness (QED) is 0.656. The Morgan fingerprint density at radius 3 is 2.52 bits per heavy atom. The fourth-order valence-corrected chi connectivity index (χ4v) is 5.63. The van der Waals surface area contributed by atoms with Crippen LogP contribution in [0.5, 0.6) is 0 Å². The van der Waals surface area contributed by atoms with Crippen molar-refractivity contribution in [3.63, 3.8) is 0 Å². The van der Waals surface area contributed by atoms with Crippen molar-refractivity contribution in [2.45, 2.75) is 58.1 Å². The molecule has 2 aromatic rings. The van der Waals surface area contributed by atoms with Crippen LogP contribution in [0.3, 0.4) is 0 Å². The summed E-state index contributed by atoms with van der Waals surface area (Å²) in [5.41, 5.74) is 5.48. The molecule has 2 saturated heterocycles. The molecule has 1 aromatic carbocycles. The second-order valence-corrected chi connectivity index (χ2v) is 10.9. The Hall–Kier alpha value is -2.91. The van der Waals surface area contributed by atoms with Crippen molar-refractivity contribution in [3.05, 3.63) is 53.3 Å². The molecule has 0 saturated carbocycles. The molecular weight excluding hydrogens is 412 g/mol. The van der Waals surface area contributed by atoms with Crippen LogP contribution in [0.1, 0.15) is 62.9 Å². The number of nitrogens with zero attached hydrogens (tertiary/aromatic N) is 4. The third-order valence-corrected chi connectivity index (χ3v) is 7.39. The highest BCUT2D eigenvalue weighted by molar-refractivity contribution is 5.68. The Morgan fingerprint density at radius 2 is 1.88 bits per heavy atom. The number of amides is 1. The van der Waals surface area contributed by atoms with Crippen LogP contribution in [0.15, 0.2) is 36.5 Å². The molecule has 0 bridgehead atoms. The SMILES string of the molecule is CC(C)(C)OC(=O)N1CCC2(CC1)CN([C@@H]1CCc3cc(-c4ccc(C#N)nc4)ccc31)C2. The van der Waals surface area contributed by atoms with Crippen LogP contribution in [0, 0.1) is 16.7 Å². The molecular formula is C27H32N4O2. The van der Waals surface area contributed by atoms with E-state index in [0.29, 0.717) is 17.2 Å². The predicted molar refractivity (Wildman–Crippen MR) is 126 cm³/mol. The lowest BCUT2D eigenvalue weighted by molar-refractivity contribution is -0.0716. The van der Waals surface area contributed by atoms with E-state index < -0.39 is 5.60 Å². The Kier molecular flexibility index (Phi) is 5.41. The maximum Gasteiger partial charge on any atom is 0.410 e. The van der Waals surface area contributed by atoms with Gasteiger partial charge in [-0.15, -0.1) is 0 Å². The average molecular weight is 445 g/mol. The van der Waals surface area contributed by atoms with E-state index in [0.717, 1.165) is 51.0 Å². The lowest BCUT2D eigenvalue weighted by atomic mass is 9.71. The minimum atomic E-state index is -0.439. The molecule has 1 spiro atoms. The van der Waals surface area contributed by atoms with Gasteiger partial charge in [-0.2, -0.15) is 5.26 Å². The van der Waals surface area contributed by atoms with Gasteiger partial charge in [0.2, 0.25) is 0 Å². The fraction of sp³-hybridized carbons (Fsp3) is 0.519. The van der Waals surface area contributed by atoms with Crippen LogP contribution in [0.4, 0.5) is 4.79 Å². The van der Waals surface area contributed by atoms with E-state index in [-0.39, 0.29) is 6.09 Å². The first kappa shape index (κ1) is 21.9. The minimum Gasteiger partial charge on any atom is -0.444 e. The molecule has 6 heteroatoms. The molecule has 5 rings (SSSR count). The first-order valence-corrected chi connectivity index (χ1v) is 12.0.